The van der Waals surface area contributed by atoms with Crippen LogP contribution in [-0.2, 0) is 20.9 Å². The highest BCUT2D eigenvalue weighted by molar-refractivity contribution is 6.01. The van der Waals surface area contributed by atoms with Crippen LogP contribution in [0.3, 0.4) is 0 Å². The largest absolute Gasteiger partial charge is 0.444 e. The predicted octanol–water partition coefficient (Wildman–Crippen LogP) is 4.79. The molecular formula is C30H41N7O7. The third kappa shape index (κ3) is 7.84. The fourth-order valence-corrected chi connectivity index (χ4v) is 5.29. The van der Waals surface area contributed by atoms with Crippen molar-refractivity contribution >= 4 is 24.2 Å². The van der Waals surface area contributed by atoms with Crippen LogP contribution in [0.4, 0.5) is 14.4 Å². The van der Waals surface area contributed by atoms with E-state index in [2.05, 4.69) is 25.8 Å². The van der Waals surface area contributed by atoms with E-state index in [-0.39, 0.29) is 36.0 Å². The molecule has 2 aromatic rings. The number of aliphatic imine (C=N–C) groups is 1. The maximum Gasteiger partial charge on any atom is 0.414 e. The number of fused-ring (bicyclic) bond motifs is 2. The summed E-state index contributed by atoms with van der Waals surface area (Å²) in [7, 11) is 0. The molecule has 3 heterocycles. The summed E-state index contributed by atoms with van der Waals surface area (Å²) >= 11 is 0. The molecule has 0 radical (unpaired) electrons. The fourth-order valence-electron chi connectivity index (χ4n) is 5.29. The summed E-state index contributed by atoms with van der Waals surface area (Å²) < 4.78 is 16.7. The number of carbonyl (C=O) groups excluding carboxylic acids is 3. The number of nitrogens with zero attached hydrogens (tertiary/aromatic N) is 5. The second-order valence-electron chi connectivity index (χ2n) is 13.3. The van der Waals surface area contributed by atoms with E-state index >= 15 is 0 Å². The number of amides is 4. The van der Waals surface area contributed by atoms with Gasteiger partial charge in [-0.3, -0.25) is 15.5 Å². The average molecular weight is 612 g/mol. The number of hydrogen-bond acceptors (Lipinski definition) is 10. The van der Waals surface area contributed by atoms with E-state index in [4.69, 9.17) is 18.7 Å². The van der Waals surface area contributed by atoms with Crippen LogP contribution < -0.4 is 10.6 Å². The van der Waals surface area contributed by atoms with Crippen molar-refractivity contribution in [3.8, 4) is 0 Å². The van der Waals surface area contributed by atoms with Gasteiger partial charge in [0.15, 0.2) is 0 Å². The molecule has 5 rings (SSSR count). The van der Waals surface area contributed by atoms with Gasteiger partial charge in [0.1, 0.15) is 23.9 Å². The molecule has 0 unspecified atom stereocenters. The van der Waals surface area contributed by atoms with Crippen molar-refractivity contribution in [3.63, 3.8) is 0 Å². The molecule has 14 nitrogen and oxygen atoms in total. The standard InChI is InChI=1S/C30H41N7O7/c1-29(2,3)43-26(38)32-25(33-27(39)44-30(4,5)6)31-20-14-19(15-20)23-34-35-24(42-23)22-13-12-21-16-36(22)28(40)37(21)41-17-18-10-8-7-9-11-18/h7-11,19-22H,12-17H2,1-6H3,(H2,31,32,33,38,39)/t19?,20?,21-,22+/m1/s1. The summed E-state index contributed by atoms with van der Waals surface area (Å²) in [6.07, 6.45) is 1.08. The minimum absolute atomic E-state index is 0.0205. The number of urea groups is 1. The Balaban J connectivity index is 1.18. The van der Waals surface area contributed by atoms with E-state index in [1.807, 2.05) is 30.3 Å². The Bertz CT molecular complexity index is 1340. The zero-order valence-electron chi connectivity index (χ0n) is 26.0. The number of alkyl carbamates (subject to hydrolysis) is 2. The number of hydrogen-bond donors (Lipinski definition) is 2. The zero-order valence-corrected chi connectivity index (χ0v) is 26.0. The molecule has 1 aromatic carbocycles. The molecule has 44 heavy (non-hydrogen) atoms. The second kappa shape index (κ2) is 12.4. The van der Waals surface area contributed by atoms with E-state index in [0.29, 0.717) is 44.2 Å². The van der Waals surface area contributed by atoms with Crippen LogP contribution in [0.25, 0.3) is 0 Å². The lowest BCUT2D eigenvalue weighted by atomic mass is 9.80. The molecule has 238 valence electrons. The number of rotatable bonds is 6. The van der Waals surface area contributed by atoms with Crippen LogP contribution in [0.2, 0.25) is 0 Å². The summed E-state index contributed by atoms with van der Waals surface area (Å²) in [5.74, 6) is 0.763. The van der Waals surface area contributed by atoms with Crippen LogP contribution in [0.5, 0.6) is 0 Å². The second-order valence-corrected chi connectivity index (χ2v) is 13.3. The van der Waals surface area contributed by atoms with Gasteiger partial charge < -0.3 is 18.8 Å². The van der Waals surface area contributed by atoms with Crippen molar-refractivity contribution in [1.29, 1.82) is 0 Å². The first-order valence-electron chi connectivity index (χ1n) is 14.9. The van der Waals surface area contributed by atoms with Crippen molar-refractivity contribution in [2.75, 3.05) is 6.54 Å². The maximum atomic E-state index is 13.2. The molecule has 1 aliphatic carbocycles. The maximum absolute atomic E-state index is 13.2. The van der Waals surface area contributed by atoms with Crippen LogP contribution in [0.1, 0.15) is 96.5 Å². The quantitative estimate of drug-likeness (QED) is 0.346. The van der Waals surface area contributed by atoms with Crippen molar-refractivity contribution in [1.82, 2.24) is 30.8 Å². The van der Waals surface area contributed by atoms with Crippen molar-refractivity contribution in [3.05, 3.63) is 47.7 Å². The number of hydroxylamine groups is 2. The van der Waals surface area contributed by atoms with Crippen molar-refractivity contribution in [2.24, 2.45) is 4.99 Å². The number of piperidine rings is 1. The molecule has 2 N–H and O–H groups in total. The van der Waals surface area contributed by atoms with Crippen LogP contribution in [-0.4, -0.2) is 74.2 Å². The van der Waals surface area contributed by atoms with Gasteiger partial charge in [-0.05, 0) is 72.8 Å². The van der Waals surface area contributed by atoms with Gasteiger partial charge in [-0.1, -0.05) is 30.3 Å². The molecule has 4 amide bonds. The lowest BCUT2D eigenvalue weighted by Crippen LogP contribution is -2.48. The predicted molar refractivity (Wildman–Crippen MR) is 157 cm³/mol. The third-order valence-electron chi connectivity index (χ3n) is 7.29. The number of nitrogens with one attached hydrogen (secondary N) is 2. The molecule has 3 fully saturated rings. The summed E-state index contributed by atoms with van der Waals surface area (Å²) in [6, 6.07) is 8.98. The number of aromatic nitrogens is 2. The molecule has 2 atom stereocenters. The molecule has 1 saturated carbocycles. The van der Waals surface area contributed by atoms with Crippen molar-refractivity contribution < 1.29 is 33.1 Å². The van der Waals surface area contributed by atoms with Crippen LogP contribution in [0.15, 0.2) is 39.7 Å². The van der Waals surface area contributed by atoms with Gasteiger partial charge in [0, 0.05) is 12.5 Å². The van der Waals surface area contributed by atoms with Gasteiger partial charge in [0.05, 0.1) is 12.1 Å². The highest BCUT2D eigenvalue weighted by Gasteiger charge is 2.48. The lowest BCUT2D eigenvalue weighted by molar-refractivity contribution is -0.140. The molecule has 0 spiro atoms. The molecular weight excluding hydrogens is 570 g/mol. The van der Waals surface area contributed by atoms with Crippen LogP contribution >= 0.6 is 0 Å². The van der Waals surface area contributed by atoms with E-state index in [9.17, 15) is 14.4 Å². The van der Waals surface area contributed by atoms with Crippen molar-refractivity contribution in [2.45, 2.75) is 109 Å². The summed E-state index contributed by atoms with van der Waals surface area (Å²) in [5.41, 5.74) is -0.471. The van der Waals surface area contributed by atoms with E-state index in [1.165, 1.54) is 5.06 Å². The normalized spacial score (nSPS) is 23.1. The number of benzene rings is 1. The monoisotopic (exact) mass is 611 g/mol. The number of ether oxygens (including phenoxy) is 2. The molecule has 2 aliphatic heterocycles. The molecule has 2 saturated heterocycles. The van der Waals surface area contributed by atoms with E-state index in [0.717, 1.165) is 12.0 Å². The number of carbonyl (C=O) groups is 3. The SMILES string of the molecule is CC(C)(C)OC(=O)NC(=NC1CC(c2nnc([C@@H]3CC[C@@H]4CN3C(=O)N4OCc3ccccc3)o2)C1)NC(=O)OC(C)(C)C. The highest BCUT2D eigenvalue weighted by atomic mass is 16.7. The smallest absolute Gasteiger partial charge is 0.414 e. The van der Waals surface area contributed by atoms with Gasteiger partial charge in [-0.25, -0.2) is 19.4 Å². The van der Waals surface area contributed by atoms with Crippen LogP contribution in [0, 0.1) is 0 Å². The Morgan fingerprint density at radius 1 is 0.955 bits per heavy atom. The zero-order chi connectivity index (χ0) is 31.6. The first-order chi connectivity index (χ1) is 20.7. The molecule has 1 aromatic heterocycles. The highest BCUT2D eigenvalue weighted by Crippen LogP contribution is 2.41. The Morgan fingerprint density at radius 3 is 2.18 bits per heavy atom. The molecule has 2 bridgehead atoms. The lowest BCUT2D eigenvalue weighted by Gasteiger charge is -2.31. The first-order valence-corrected chi connectivity index (χ1v) is 14.9. The van der Waals surface area contributed by atoms with Gasteiger partial charge in [-0.15, -0.1) is 10.2 Å². The van der Waals surface area contributed by atoms with Gasteiger partial charge >= 0.3 is 18.2 Å². The minimum atomic E-state index is -0.750. The summed E-state index contributed by atoms with van der Waals surface area (Å²) in [5, 5.41) is 15.1. The number of guanidine groups is 1. The Hall–Kier alpha value is -4.20. The average Bonchev–Trinajstić information content (AvgIpc) is 3.46. The Kier molecular flexibility index (Phi) is 8.82. The topological polar surface area (TPSA) is 161 Å². The summed E-state index contributed by atoms with van der Waals surface area (Å²) in [4.78, 5) is 50.1. The first kappa shape index (κ1) is 31.2. The Labute approximate surface area is 256 Å². The van der Waals surface area contributed by atoms with Gasteiger partial charge in [-0.2, -0.15) is 5.06 Å². The van der Waals surface area contributed by atoms with E-state index in [1.54, 1.807) is 46.4 Å². The fraction of sp³-hybridized carbons (Fsp3) is 0.600. The molecule has 14 heteroatoms. The Morgan fingerprint density at radius 2 is 1.57 bits per heavy atom. The van der Waals surface area contributed by atoms with Gasteiger partial charge in [0.25, 0.3) is 0 Å². The van der Waals surface area contributed by atoms with E-state index < -0.39 is 23.4 Å². The third-order valence-corrected chi connectivity index (χ3v) is 7.29. The molecule has 3 aliphatic rings. The summed E-state index contributed by atoms with van der Waals surface area (Å²) in [6.45, 7) is 11.3. The van der Waals surface area contributed by atoms with Gasteiger partial charge in [0.2, 0.25) is 17.7 Å². The minimum Gasteiger partial charge on any atom is -0.444 e.